The van der Waals surface area contributed by atoms with Gasteiger partial charge in [-0.15, -0.1) is 12.4 Å². The van der Waals surface area contributed by atoms with Crippen LogP contribution in [0, 0.1) is 0 Å². The van der Waals surface area contributed by atoms with Gasteiger partial charge in [-0.2, -0.15) is 0 Å². The Balaban J connectivity index is 0.000000605. The van der Waals surface area contributed by atoms with Crippen molar-refractivity contribution in [3.05, 3.63) is 35.4 Å². The second-order valence-corrected chi connectivity index (χ2v) is 3.25. The van der Waals surface area contributed by atoms with Crippen LogP contribution in [0.25, 0.3) is 0 Å². The Morgan fingerprint density at radius 2 is 2.00 bits per heavy atom. The van der Waals surface area contributed by atoms with Crippen molar-refractivity contribution in [2.45, 2.75) is 18.9 Å². The lowest BCUT2D eigenvalue weighted by molar-refractivity contribution is 0.428. The zero-order chi connectivity index (χ0) is 7.19. The van der Waals surface area contributed by atoms with Gasteiger partial charge in [-0.3, -0.25) is 0 Å². The molecule has 0 saturated heterocycles. The van der Waals surface area contributed by atoms with Gasteiger partial charge in [-0.25, -0.2) is 0 Å². The number of rotatable bonds is 0. The molecule has 0 aliphatic heterocycles. The molecule has 1 unspecified atom stereocenters. The lowest BCUT2D eigenvalue weighted by atomic mass is 9.73. The fourth-order valence-electron chi connectivity index (χ4n) is 1.62. The van der Waals surface area contributed by atoms with Gasteiger partial charge in [0.1, 0.15) is 0 Å². The van der Waals surface area contributed by atoms with E-state index in [1.807, 2.05) is 6.07 Å². The van der Waals surface area contributed by atoms with Crippen LogP contribution >= 0.6 is 12.4 Å². The van der Waals surface area contributed by atoms with E-state index in [1.54, 1.807) is 0 Å². The highest BCUT2D eigenvalue weighted by Gasteiger charge is 2.33. The number of fused-ring (bicyclic) bond motifs is 1. The van der Waals surface area contributed by atoms with Crippen molar-refractivity contribution in [2.75, 3.05) is 0 Å². The molecule has 0 spiro atoms. The highest BCUT2D eigenvalue weighted by Crippen LogP contribution is 2.35. The smallest absolute Gasteiger partial charge is 0.0424 e. The molecule has 1 aliphatic carbocycles. The summed E-state index contributed by atoms with van der Waals surface area (Å²) in [7, 11) is 0. The second kappa shape index (κ2) is 2.50. The molecule has 0 heterocycles. The van der Waals surface area contributed by atoms with Gasteiger partial charge in [0.25, 0.3) is 0 Å². The van der Waals surface area contributed by atoms with E-state index >= 15 is 0 Å². The minimum absolute atomic E-state index is 0. The molecule has 0 amide bonds. The van der Waals surface area contributed by atoms with E-state index in [2.05, 4.69) is 25.1 Å². The monoisotopic (exact) mass is 169 g/mol. The van der Waals surface area contributed by atoms with Crippen molar-refractivity contribution in [3.8, 4) is 0 Å². The molecule has 2 rings (SSSR count). The van der Waals surface area contributed by atoms with Crippen LogP contribution in [0.4, 0.5) is 0 Å². The third kappa shape index (κ3) is 1.15. The molecule has 1 aromatic rings. The van der Waals surface area contributed by atoms with Crippen LogP contribution in [0.1, 0.15) is 18.1 Å². The molecule has 60 valence electrons. The first-order valence-corrected chi connectivity index (χ1v) is 3.57. The molecular formula is C9H12ClN. The van der Waals surface area contributed by atoms with Crippen molar-refractivity contribution in [2.24, 2.45) is 5.73 Å². The van der Waals surface area contributed by atoms with E-state index in [-0.39, 0.29) is 17.9 Å². The Bertz CT molecular complexity index is 268. The quantitative estimate of drug-likeness (QED) is 0.630. The standard InChI is InChI=1S/C9H11N.ClH/c1-9(10)6-7-4-2-3-5-8(7)9;/h2-5H,6,10H2,1H3;1H. The maximum atomic E-state index is 5.93. The summed E-state index contributed by atoms with van der Waals surface area (Å²) in [5, 5.41) is 0. The van der Waals surface area contributed by atoms with Crippen molar-refractivity contribution >= 4 is 12.4 Å². The molecule has 11 heavy (non-hydrogen) atoms. The van der Waals surface area contributed by atoms with Gasteiger partial charge < -0.3 is 5.73 Å². The molecular weight excluding hydrogens is 158 g/mol. The summed E-state index contributed by atoms with van der Waals surface area (Å²) in [6.45, 7) is 2.08. The molecule has 1 aliphatic rings. The predicted molar refractivity (Wildman–Crippen MR) is 48.9 cm³/mol. The number of hydrogen-bond acceptors (Lipinski definition) is 1. The average molecular weight is 170 g/mol. The van der Waals surface area contributed by atoms with Crippen LogP contribution in [0.5, 0.6) is 0 Å². The number of hydrogen-bond donors (Lipinski definition) is 1. The van der Waals surface area contributed by atoms with Crippen LogP contribution in [0.15, 0.2) is 24.3 Å². The van der Waals surface area contributed by atoms with Crippen LogP contribution in [-0.4, -0.2) is 0 Å². The minimum atomic E-state index is -0.0450. The first kappa shape index (κ1) is 8.57. The Labute approximate surface area is 73.0 Å². The Morgan fingerprint density at radius 1 is 1.36 bits per heavy atom. The van der Waals surface area contributed by atoms with Crippen LogP contribution < -0.4 is 5.73 Å². The van der Waals surface area contributed by atoms with Crippen molar-refractivity contribution in [3.63, 3.8) is 0 Å². The first-order chi connectivity index (χ1) is 4.70. The average Bonchev–Trinajstić information content (AvgIpc) is 1.86. The summed E-state index contributed by atoms with van der Waals surface area (Å²) in [5.74, 6) is 0. The number of halogens is 1. The third-order valence-corrected chi connectivity index (χ3v) is 2.19. The molecule has 2 N–H and O–H groups in total. The van der Waals surface area contributed by atoms with Gasteiger partial charge in [0.15, 0.2) is 0 Å². The molecule has 2 heteroatoms. The molecule has 0 fully saturated rings. The van der Waals surface area contributed by atoms with E-state index in [9.17, 15) is 0 Å². The first-order valence-electron chi connectivity index (χ1n) is 3.57. The fourth-order valence-corrected chi connectivity index (χ4v) is 1.62. The zero-order valence-electron chi connectivity index (χ0n) is 6.50. The van der Waals surface area contributed by atoms with Gasteiger partial charge in [-0.1, -0.05) is 24.3 Å². The molecule has 1 aromatic carbocycles. The van der Waals surface area contributed by atoms with Gasteiger partial charge >= 0.3 is 0 Å². The summed E-state index contributed by atoms with van der Waals surface area (Å²) < 4.78 is 0. The topological polar surface area (TPSA) is 26.0 Å². The maximum Gasteiger partial charge on any atom is 0.0424 e. The lowest BCUT2D eigenvalue weighted by Crippen LogP contribution is -2.44. The summed E-state index contributed by atoms with van der Waals surface area (Å²) in [6.07, 6.45) is 1.03. The summed E-state index contributed by atoms with van der Waals surface area (Å²) >= 11 is 0. The Morgan fingerprint density at radius 3 is 2.45 bits per heavy atom. The van der Waals surface area contributed by atoms with Gasteiger partial charge in [0, 0.05) is 5.54 Å². The van der Waals surface area contributed by atoms with Gasteiger partial charge in [0.2, 0.25) is 0 Å². The predicted octanol–water partition coefficient (Wildman–Crippen LogP) is 1.84. The van der Waals surface area contributed by atoms with Gasteiger partial charge in [0.05, 0.1) is 0 Å². The van der Waals surface area contributed by atoms with Crippen LogP contribution in [0.3, 0.4) is 0 Å². The number of benzene rings is 1. The molecule has 1 atom stereocenters. The van der Waals surface area contributed by atoms with Crippen molar-refractivity contribution in [1.29, 1.82) is 0 Å². The molecule has 0 aromatic heterocycles. The molecule has 0 saturated carbocycles. The summed E-state index contributed by atoms with van der Waals surface area (Å²) in [6, 6.07) is 8.36. The Kier molecular flexibility index (Phi) is 1.95. The van der Waals surface area contributed by atoms with Gasteiger partial charge in [-0.05, 0) is 24.5 Å². The fraction of sp³-hybridized carbons (Fsp3) is 0.333. The van der Waals surface area contributed by atoms with E-state index in [1.165, 1.54) is 11.1 Å². The molecule has 0 radical (unpaired) electrons. The Hall–Kier alpha value is -0.530. The zero-order valence-corrected chi connectivity index (χ0v) is 7.32. The van der Waals surface area contributed by atoms with E-state index in [0.29, 0.717) is 0 Å². The molecule has 1 nitrogen and oxygen atoms in total. The van der Waals surface area contributed by atoms with Crippen molar-refractivity contribution in [1.82, 2.24) is 0 Å². The summed E-state index contributed by atoms with van der Waals surface area (Å²) in [4.78, 5) is 0. The minimum Gasteiger partial charge on any atom is -0.321 e. The van der Waals surface area contributed by atoms with E-state index in [0.717, 1.165) is 6.42 Å². The highest BCUT2D eigenvalue weighted by atomic mass is 35.5. The SMILES string of the molecule is CC1(N)Cc2ccccc21.Cl. The number of nitrogens with two attached hydrogens (primary N) is 1. The normalized spacial score (nSPS) is 26.4. The largest absolute Gasteiger partial charge is 0.321 e. The van der Waals surface area contributed by atoms with E-state index in [4.69, 9.17) is 5.73 Å². The van der Waals surface area contributed by atoms with Crippen LogP contribution in [0.2, 0.25) is 0 Å². The van der Waals surface area contributed by atoms with Crippen molar-refractivity contribution < 1.29 is 0 Å². The second-order valence-electron chi connectivity index (χ2n) is 3.25. The summed E-state index contributed by atoms with van der Waals surface area (Å²) in [5.41, 5.74) is 8.61. The molecule has 0 bridgehead atoms. The lowest BCUT2D eigenvalue weighted by Gasteiger charge is -2.37. The van der Waals surface area contributed by atoms with E-state index < -0.39 is 0 Å². The van der Waals surface area contributed by atoms with Crippen LogP contribution in [-0.2, 0) is 12.0 Å². The maximum absolute atomic E-state index is 5.93. The highest BCUT2D eigenvalue weighted by molar-refractivity contribution is 5.85. The third-order valence-electron chi connectivity index (χ3n) is 2.19.